The van der Waals surface area contributed by atoms with Gasteiger partial charge in [0.1, 0.15) is 0 Å². The maximum absolute atomic E-state index is 13.2. The zero-order valence-corrected chi connectivity index (χ0v) is 19.9. The molecule has 0 unspecified atom stereocenters. The third-order valence-electron chi connectivity index (χ3n) is 6.33. The Morgan fingerprint density at radius 2 is 1.22 bits per heavy atom. The number of benzene rings is 3. The van der Waals surface area contributed by atoms with E-state index in [9.17, 15) is 8.42 Å². The van der Waals surface area contributed by atoms with Crippen LogP contribution in [0.4, 0.5) is 0 Å². The fourth-order valence-corrected chi connectivity index (χ4v) is 5.80. The third-order valence-corrected chi connectivity index (χ3v) is 8.24. The topological polar surface area (TPSA) is 40.6 Å². The molecule has 0 spiro atoms. The zero-order chi connectivity index (χ0) is 22.7. The molecule has 1 aliphatic heterocycles. The zero-order valence-electron chi connectivity index (χ0n) is 19.1. The van der Waals surface area contributed by atoms with Crippen LogP contribution in [0.3, 0.4) is 0 Å². The number of rotatable bonds is 6. The highest BCUT2D eigenvalue weighted by Gasteiger charge is 2.32. The van der Waals surface area contributed by atoms with Gasteiger partial charge in [-0.3, -0.25) is 4.90 Å². The Morgan fingerprint density at radius 1 is 0.688 bits per heavy atom. The SMILES string of the molecule is Cc1ccc([C@@H](c2ccccc2)N2CCN(S(=O)(=O)c3ccc(C(C)C)cc3)CC2)cc1. The maximum Gasteiger partial charge on any atom is 0.243 e. The number of hydrogen-bond donors (Lipinski definition) is 0. The average molecular weight is 449 g/mol. The first-order valence-electron chi connectivity index (χ1n) is 11.3. The fourth-order valence-electron chi connectivity index (χ4n) is 4.37. The monoisotopic (exact) mass is 448 g/mol. The van der Waals surface area contributed by atoms with Gasteiger partial charge in [0.2, 0.25) is 10.0 Å². The molecule has 32 heavy (non-hydrogen) atoms. The van der Waals surface area contributed by atoms with Gasteiger partial charge in [-0.05, 0) is 41.7 Å². The maximum atomic E-state index is 13.2. The molecule has 0 radical (unpaired) electrons. The minimum atomic E-state index is -3.48. The predicted molar refractivity (Wildman–Crippen MR) is 130 cm³/mol. The van der Waals surface area contributed by atoms with Crippen LogP contribution in [0, 0.1) is 6.92 Å². The molecule has 1 aliphatic rings. The van der Waals surface area contributed by atoms with Gasteiger partial charge in [0.25, 0.3) is 0 Å². The molecule has 0 amide bonds. The molecule has 1 fully saturated rings. The van der Waals surface area contributed by atoms with Crippen molar-refractivity contribution in [3.63, 3.8) is 0 Å². The summed E-state index contributed by atoms with van der Waals surface area (Å²) in [7, 11) is -3.48. The number of sulfonamides is 1. The number of nitrogens with zero attached hydrogens (tertiary/aromatic N) is 2. The fraction of sp³-hybridized carbons (Fsp3) is 0.333. The van der Waals surface area contributed by atoms with Gasteiger partial charge in [-0.25, -0.2) is 8.42 Å². The van der Waals surface area contributed by atoms with E-state index in [2.05, 4.69) is 74.2 Å². The van der Waals surface area contributed by atoms with E-state index in [0.717, 1.165) is 5.56 Å². The van der Waals surface area contributed by atoms with Crippen LogP contribution in [0.2, 0.25) is 0 Å². The molecule has 1 saturated heterocycles. The Kier molecular flexibility index (Phi) is 6.79. The van der Waals surface area contributed by atoms with Crippen LogP contribution >= 0.6 is 0 Å². The van der Waals surface area contributed by atoms with Crippen molar-refractivity contribution in [2.75, 3.05) is 26.2 Å². The highest BCUT2D eigenvalue weighted by Crippen LogP contribution is 2.31. The Balaban J connectivity index is 1.53. The first kappa shape index (κ1) is 22.7. The molecule has 3 aromatic rings. The van der Waals surface area contributed by atoms with Crippen molar-refractivity contribution in [3.05, 3.63) is 101 Å². The molecule has 4 nitrogen and oxygen atoms in total. The molecule has 5 heteroatoms. The van der Waals surface area contributed by atoms with Gasteiger partial charge in [0.15, 0.2) is 0 Å². The second-order valence-corrected chi connectivity index (χ2v) is 10.8. The summed E-state index contributed by atoms with van der Waals surface area (Å²) in [4.78, 5) is 2.78. The van der Waals surface area contributed by atoms with E-state index < -0.39 is 10.0 Å². The van der Waals surface area contributed by atoms with Crippen molar-refractivity contribution in [2.24, 2.45) is 0 Å². The van der Waals surface area contributed by atoms with E-state index in [1.165, 1.54) is 16.7 Å². The molecule has 0 saturated carbocycles. The van der Waals surface area contributed by atoms with Crippen LogP contribution in [0.5, 0.6) is 0 Å². The highest BCUT2D eigenvalue weighted by molar-refractivity contribution is 7.89. The quantitative estimate of drug-likeness (QED) is 0.519. The standard InChI is InChI=1S/C27H32N2O2S/c1-21(2)23-13-15-26(16-14-23)32(30,31)29-19-17-28(18-20-29)27(24-7-5-4-6-8-24)25-11-9-22(3)10-12-25/h4-16,21,27H,17-20H2,1-3H3/t27-/m1/s1. The van der Waals surface area contributed by atoms with E-state index in [0.29, 0.717) is 37.0 Å². The summed E-state index contributed by atoms with van der Waals surface area (Å²) >= 11 is 0. The van der Waals surface area contributed by atoms with Gasteiger partial charge in [0.05, 0.1) is 10.9 Å². The third kappa shape index (κ3) is 4.80. The van der Waals surface area contributed by atoms with E-state index >= 15 is 0 Å². The first-order chi connectivity index (χ1) is 15.4. The van der Waals surface area contributed by atoms with Crippen LogP contribution < -0.4 is 0 Å². The molecule has 1 atom stereocenters. The Bertz CT molecular complexity index is 1120. The lowest BCUT2D eigenvalue weighted by Crippen LogP contribution is -2.49. The molecule has 4 rings (SSSR count). The molecule has 3 aromatic carbocycles. The van der Waals surface area contributed by atoms with Crippen molar-refractivity contribution >= 4 is 10.0 Å². The molecular weight excluding hydrogens is 416 g/mol. The van der Waals surface area contributed by atoms with E-state index in [-0.39, 0.29) is 6.04 Å². The minimum absolute atomic E-state index is 0.118. The number of piperazine rings is 1. The van der Waals surface area contributed by atoms with Gasteiger partial charge in [-0.1, -0.05) is 86.1 Å². The Hall–Kier alpha value is -2.47. The van der Waals surface area contributed by atoms with Gasteiger partial charge in [-0.15, -0.1) is 0 Å². The summed E-state index contributed by atoms with van der Waals surface area (Å²) in [5.74, 6) is 0.381. The van der Waals surface area contributed by atoms with Crippen LogP contribution in [0.15, 0.2) is 83.8 Å². The first-order valence-corrected chi connectivity index (χ1v) is 12.8. The smallest absolute Gasteiger partial charge is 0.243 e. The molecule has 0 aliphatic carbocycles. The summed E-state index contributed by atoms with van der Waals surface area (Å²) in [6, 6.07) is 26.6. The van der Waals surface area contributed by atoms with Crippen LogP contribution in [0.25, 0.3) is 0 Å². The summed E-state index contributed by atoms with van der Waals surface area (Å²) in [6.45, 7) is 8.68. The number of hydrogen-bond acceptors (Lipinski definition) is 3. The Morgan fingerprint density at radius 3 is 1.78 bits per heavy atom. The largest absolute Gasteiger partial charge is 0.290 e. The van der Waals surface area contributed by atoms with E-state index in [4.69, 9.17) is 0 Å². The van der Waals surface area contributed by atoms with Crippen LogP contribution in [-0.4, -0.2) is 43.8 Å². The van der Waals surface area contributed by atoms with E-state index in [1.54, 1.807) is 16.4 Å². The Labute approximate surface area is 192 Å². The van der Waals surface area contributed by atoms with E-state index in [1.807, 2.05) is 18.2 Å². The molecule has 0 bridgehead atoms. The van der Waals surface area contributed by atoms with Gasteiger partial charge < -0.3 is 0 Å². The number of aryl methyl sites for hydroxylation is 1. The van der Waals surface area contributed by atoms with Gasteiger partial charge in [-0.2, -0.15) is 4.31 Å². The summed E-state index contributed by atoms with van der Waals surface area (Å²) in [5, 5.41) is 0. The molecule has 0 aromatic heterocycles. The molecule has 168 valence electrons. The van der Waals surface area contributed by atoms with Crippen molar-refractivity contribution < 1.29 is 8.42 Å². The summed E-state index contributed by atoms with van der Waals surface area (Å²) in [5.41, 5.74) is 4.86. The predicted octanol–water partition coefficient (Wildman–Crippen LogP) is 5.21. The summed E-state index contributed by atoms with van der Waals surface area (Å²) < 4.78 is 28.1. The van der Waals surface area contributed by atoms with Crippen molar-refractivity contribution in [3.8, 4) is 0 Å². The second kappa shape index (κ2) is 9.57. The van der Waals surface area contributed by atoms with Crippen molar-refractivity contribution in [1.82, 2.24) is 9.21 Å². The van der Waals surface area contributed by atoms with Crippen LogP contribution in [0.1, 0.15) is 48.1 Å². The molecular formula is C27H32N2O2S. The summed E-state index contributed by atoms with van der Waals surface area (Å²) in [6.07, 6.45) is 0. The van der Waals surface area contributed by atoms with Gasteiger partial charge >= 0.3 is 0 Å². The lowest BCUT2D eigenvalue weighted by Gasteiger charge is -2.39. The minimum Gasteiger partial charge on any atom is -0.290 e. The van der Waals surface area contributed by atoms with Crippen molar-refractivity contribution in [1.29, 1.82) is 0 Å². The normalized spacial score (nSPS) is 16.9. The van der Waals surface area contributed by atoms with Gasteiger partial charge in [0, 0.05) is 26.2 Å². The van der Waals surface area contributed by atoms with Crippen LogP contribution in [-0.2, 0) is 10.0 Å². The molecule has 0 N–H and O–H groups in total. The molecule has 1 heterocycles. The lowest BCUT2D eigenvalue weighted by atomic mass is 9.96. The van der Waals surface area contributed by atoms with Crippen molar-refractivity contribution in [2.45, 2.75) is 37.6 Å². The highest BCUT2D eigenvalue weighted by atomic mass is 32.2. The average Bonchev–Trinajstić information content (AvgIpc) is 2.81. The lowest BCUT2D eigenvalue weighted by molar-refractivity contribution is 0.156. The second-order valence-electron chi connectivity index (χ2n) is 8.89.